The van der Waals surface area contributed by atoms with Crippen LogP contribution in [0.25, 0.3) is 0 Å². The third kappa shape index (κ3) is 2.23. The van der Waals surface area contributed by atoms with Crippen molar-refractivity contribution in [1.29, 1.82) is 0 Å². The zero-order valence-corrected chi connectivity index (χ0v) is 8.66. The number of carbonyl (C=O) groups excluding carboxylic acids is 1. The summed E-state index contributed by atoms with van der Waals surface area (Å²) in [4.78, 5) is 11.9. The third-order valence-corrected chi connectivity index (χ3v) is 2.27. The number of Topliss-reactive ketones (excluding diaryl/α,β-unsaturated/α-hetero) is 1. The minimum atomic E-state index is -0.890. The molecule has 1 rings (SSSR count). The van der Waals surface area contributed by atoms with Gasteiger partial charge >= 0.3 is 0 Å². The van der Waals surface area contributed by atoms with E-state index >= 15 is 0 Å². The average Bonchev–Trinajstić information content (AvgIpc) is 2.18. The molecular weight excluding hydrogens is 178 g/mol. The molecule has 0 saturated carbocycles. The van der Waals surface area contributed by atoms with Crippen molar-refractivity contribution in [3.63, 3.8) is 0 Å². The lowest BCUT2D eigenvalue weighted by molar-refractivity contribution is -0.125. The molecule has 14 heavy (non-hydrogen) atoms. The number of hydrogen-bond acceptors (Lipinski definition) is 3. The number of allylic oxidation sites excluding steroid dienone is 2. The van der Waals surface area contributed by atoms with Crippen LogP contribution in [0.1, 0.15) is 20.3 Å². The van der Waals surface area contributed by atoms with Crippen LogP contribution in [0, 0.1) is 5.92 Å². The Morgan fingerprint density at radius 3 is 2.64 bits per heavy atom. The van der Waals surface area contributed by atoms with E-state index in [2.05, 4.69) is 5.32 Å². The first-order chi connectivity index (χ1) is 6.60. The molecule has 0 unspecified atom stereocenters. The monoisotopic (exact) mass is 195 g/mol. The van der Waals surface area contributed by atoms with Crippen LogP contribution in [0.2, 0.25) is 0 Å². The first-order valence-electron chi connectivity index (χ1n) is 4.87. The van der Waals surface area contributed by atoms with E-state index in [1.165, 1.54) is 0 Å². The molecule has 0 radical (unpaired) electrons. The number of aliphatic hydroxyl groups is 1. The molecule has 1 aliphatic rings. The molecule has 0 saturated heterocycles. The Hall–Kier alpha value is -1.09. The molecule has 1 aliphatic heterocycles. The van der Waals surface area contributed by atoms with Gasteiger partial charge < -0.3 is 10.4 Å². The highest BCUT2D eigenvalue weighted by Gasteiger charge is 2.34. The predicted octanol–water partition coefficient (Wildman–Crippen LogP) is 1.01. The van der Waals surface area contributed by atoms with E-state index < -0.39 is 5.54 Å². The molecule has 0 aromatic carbocycles. The van der Waals surface area contributed by atoms with Crippen molar-refractivity contribution < 1.29 is 9.90 Å². The molecule has 2 N–H and O–H groups in total. The van der Waals surface area contributed by atoms with Gasteiger partial charge in [-0.25, -0.2) is 0 Å². The smallest absolute Gasteiger partial charge is 0.164 e. The van der Waals surface area contributed by atoms with Gasteiger partial charge in [0.2, 0.25) is 0 Å². The van der Waals surface area contributed by atoms with Crippen molar-refractivity contribution in [3.05, 3.63) is 24.4 Å². The Labute approximate surface area is 84.5 Å². The molecule has 0 aromatic rings. The van der Waals surface area contributed by atoms with Crippen LogP contribution in [0.4, 0.5) is 0 Å². The molecule has 0 bridgehead atoms. The molecule has 1 atom stereocenters. The van der Waals surface area contributed by atoms with Gasteiger partial charge in [0.25, 0.3) is 0 Å². The summed E-state index contributed by atoms with van der Waals surface area (Å²) in [7, 11) is 0. The molecule has 78 valence electrons. The number of nitrogens with one attached hydrogen (secondary N) is 1. The highest BCUT2D eigenvalue weighted by atomic mass is 16.3. The summed E-state index contributed by atoms with van der Waals surface area (Å²) in [5.74, 6) is 0.350. The van der Waals surface area contributed by atoms with Gasteiger partial charge in [-0.05, 0) is 24.3 Å². The van der Waals surface area contributed by atoms with E-state index in [0.29, 0.717) is 12.3 Å². The summed E-state index contributed by atoms with van der Waals surface area (Å²) >= 11 is 0. The summed E-state index contributed by atoms with van der Waals surface area (Å²) in [6.07, 6.45) is 7.47. The second-order valence-electron chi connectivity index (χ2n) is 4.01. The van der Waals surface area contributed by atoms with Crippen LogP contribution in [0.5, 0.6) is 0 Å². The Balaban J connectivity index is 2.75. The predicted molar refractivity (Wildman–Crippen MR) is 55.7 cm³/mol. The zero-order chi connectivity index (χ0) is 10.6. The lowest BCUT2D eigenvalue weighted by Gasteiger charge is -2.29. The van der Waals surface area contributed by atoms with Crippen LogP contribution in [-0.2, 0) is 4.79 Å². The number of dihydropyridines is 1. The average molecular weight is 195 g/mol. The quantitative estimate of drug-likeness (QED) is 0.703. The SMILES string of the molecule is CC(C)CC(=O)[C@@]1(CO)C=CC=CN1. The lowest BCUT2D eigenvalue weighted by Crippen LogP contribution is -2.52. The minimum absolute atomic E-state index is 0.0376. The standard InChI is InChI=1S/C11H17NO2/c1-9(2)7-10(14)11(8-13)5-3-4-6-12-11/h3-6,9,12-13H,7-8H2,1-2H3/t11-/m0/s1. The Kier molecular flexibility index (Phi) is 3.47. The van der Waals surface area contributed by atoms with Gasteiger partial charge in [-0.1, -0.05) is 19.9 Å². The van der Waals surface area contributed by atoms with E-state index in [9.17, 15) is 9.90 Å². The Morgan fingerprint density at radius 2 is 2.21 bits per heavy atom. The second-order valence-corrected chi connectivity index (χ2v) is 4.01. The van der Waals surface area contributed by atoms with E-state index in [4.69, 9.17) is 0 Å². The van der Waals surface area contributed by atoms with Gasteiger partial charge in [0.05, 0.1) is 6.61 Å². The summed E-state index contributed by atoms with van der Waals surface area (Å²) < 4.78 is 0. The summed E-state index contributed by atoms with van der Waals surface area (Å²) in [5.41, 5.74) is -0.890. The molecule has 0 fully saturated rings. The van der Waals surface area contributed by atoms with Crippen LogP contribution in [-0.4, -0.2) is 23.0 Å². The van der Waals surface area contributed by atoms with Gasteiger partial charge in [0, 0.05) is 6.42 Å². The number of aliphatic hydroxyl groups excluding tert-OH is 1. The fourth-order valence-electron chi connectivity index (χ4n) is 1.43. The fourth-order valence-corrected chi connectivity index (χ4v) is 1.43. The molecule has 0 spiro atoms. The van der Waals surface area contributed by atoms with Crippen molar-refractivity contribution in [1.82, 2.24) is 5.32 Å². The molecular formula is C11H17NO2. The van der Waals surface area contributed by atoms with Crippen LogP contribution in [0.15, 0.2) is 24.4 Å². The van der Waals surface area contributed by atoms with Gasteiger partial charge in [-0.15, -0.1) is 0 Å². The zero-order valence-electron chi connectivity index (χ0n) is 8.66. The van der Waals surface area contributed by atoms with E-state index in [-0.39, 0.29) is 12.4 Å². The van der Waals surface area contributed by atoms with Crippen LogP contribution < -0.4 is 5.32 Å². The van der Waals surface area contributed by atoms with E-state index in [0.717, 1.165) is 0 Å². The normalized spacial score (nSPS) is 25.1. The second kappa shape index (κ2) is 4.42. The maximum absolute atomic E-state index is 11.9. The molecule has 0 amide bonds. The lowest BCUT2D eigenvalue weighted by atomic mass is 9.88. The summed E-state index contributed by atoms with van der Waals surface area (Å²) in [6, 6.07) is 0. The highest BCUT2D eigenvalue weighted by Crippen LogP contribution is 2.16. The third-order valence-electron chi connectivity index (χ3n) is 2.27. The molecule has 0 aliphatic carbocycles. The van der Waals surface area contributed by atoms with Crippen LogP contribution >= 0.6 is 0 Å². The van der Waals surface area contributed by atoms with Gasteiger partial charge in [0.15, 0.2) is 5.78 Å². The van der Waals surface area contributed by atoms with Gasteiger partial charge in [-0.2, -0.15) is 0 Å². The molecule has 3 heteroatoms. The first kappa shape index (κ1) is 11.0. The van der Waals surface area contributed by atoms with Gasteiger partial charge in [0.1, 0.15) is 5.54 Å². The molecule has 1 heterocycles. The van der Waals surface area contributed by atoms with E-state index in [1.807, 2.05) is 13.8 Å². The topological polar surface area (TPSA) is 49.3 Å². The maximum Gasteiger partial charge on any atom is 0.164 e. The van der Waals surface area contributed by atoms with Crippen LogP contribution in [0.3, 0.4) is 0 Å². The Morgan fingerprint density at radius 1 is 1.50 bits per heavy atom. The summed E-state index contributed by atoms with van der Waals surface area (Å²) in [6.45, 7) is 3.79. The van der Waals surface area contributed by atoms with Crippen molar-refractivity contribution in [2.24, 2.45) is 5.92 Å². The van der Waals surface area contributed by atoms with Crippen molar-refractivity contribution in [3.8, 4) is 0 Å². The highest BCUT2D eigenvalue weighted by molar-refractivity contribution is 5.91. The van der Waals surface area contributed by atoms with Crippen molar-refractivity contribution in [2.75, 3.05) is 6.61 Å². The maximum atomic E-state index is 11.9. The number of rotatable bonds is 4. The van der Waals surface area contributed by atoms with Gasteiger partial charge in [-0.3, -0.25) is 4.79 Å². The number of ketones is 1. The number of hydrogen-bond donors (Lipinski definition) is 2. The minimum Gasteiger partial charge on any atom is -0.393 e. The fraction of sp³-hybridized carbons (Fsp3) is 0.545. The number of carbonyl (C=O) groups is 1. The summed E-state index contributed by atoms with van der Waals surface area (Å²) in [5, 5.41) is 12.2. The first-order valence-corrected chi connectivity index (χ1v) is 4.87. The van der Waals surface area contributed by atoms with Crippen molar-refractivity contribution in [2.45, 2.75) is 25.8 Å². The Bertz CT molecular complexity index is 268. The van der Waals surface area contributed by atoms with Crippen molar-refractivity contribution >= 4 is 5.78 Å². The largest absolute Gasteiger partial charge is 0.393 e. The molecule has 3 nitrogen and oxygen atoms in total. The molecule has 0 aromatic heterocycles. The van der Waals surface area contributed by atoms with E-state index in [1.54, 1.807) is 24.4 Å².